The van der Waals surface area contributed by atoms with E-state index < -0.39 is 12.1 Å². The summed E-state index contributed by atoms with van der Waals surface area (Å²) in [4.78, 5) is 41.7. The molecule has 1 aromatic heterocycles. The molecule has 1 aliphatic heterocycles. The summed E-state index contributed by atoms with van der Waals surface area (Å²) in [5, 5.41) is 6.61. The van der Waals surface area contributed by atoms with Gasteiger partial charge in [0, 0.05) is 29.6 Å². The number of rotatable bonds is 8. The van der Waals surface area contributed by atoms with Crippen LogP contribution in [-0.2, 0) is 22.4 Å². The molecule has 1 fully saturated rings. The summed E-state index contributed by atoms with van der Waals surface area (Å²) < 4.78 is 0. The van der Waals surface area contributed by atoms with Gasteiger partial charge in [-0.1, -0.05) is 48.5 Å². The Labute approximate surface area is 180 Å². The summed E-state index contributed by atoms with van der Waals surface area (Å²) >= 11 is 0. The second-order valence-corrected chi connectivity index (χ2v) is 7.98. The van der Waals surface area contributed by atoms with Gasteiger partial charge in [0.1, 0.15) is 12.6 Å². The van der Waals surface area contributed by atoms with Crippen LogP contribution >= 0.6 is 0 Å². The van der Waals surface area contributed by atoms with E-state index in [4.69, 9.17) is 0 Å². The molecule has 3 aromatic rings. The molecule has 0 unspecified atom stereocenters. The molecule has 7 heteroatoms. The molecule has 0 aliphatic carbocycles. The Bertz CT molecular complexity index is 1090. The van der Waals surface area contributed by atoms with Crippen molar-refractivity contribution in [1.29, 1.82) is 0 Å². The van der Waals surface area contributed by atoms with Crippen molar-refractivity contribution < 1.29 is 14.4 Å². The van der Waals surface area contributed by atoms with Gasteiger partial charge < -0.3 is 15.6 Å². The lowest BCUT2D eigenvalue weighted by molar-refractivity contribution is -0.132. The Morgan fingerprint density at radius 1 is 1.10 bits per heavy atom. The number of urea groups is 1. The minimum atomic E-state index is -0.671. The van der Waals surface area contributed by atoms with E-state index in [0.717, 1.165) is 34.2 Å². The summed E-state index contributed by atoms with van der Waals surface area (Å²) in [7, 11) is 0. The molecular formula is C24H26N4O3. The molecule has 3 N–H and O–H groups in total. The number of aromatic amines is 1. The fourth-order valence-corrected chi connectivity index (χ4v) is 3.95. The van der Waals surface area contributed by atoms with Crippen LogP contribution in [0.25, 0.3) is 10.9 Å². The van der Waals surface area contributed by atoms with Crippen molar-refractivity contribution in [3.63, 3.8) is 0 Å². The number of hydrogen-bond donors (Lipinski definition) is 3. The molecule has 0 saturated carbocycles. The monoisotopic (exact) mass is 418 g/mol. The number of fused-ring (bicyclic) bond motifs is 1. The molecule has 1 aliphatic rings. The van der Waals surface area contributed by atoms with E-state index in [9.17, 15) is 14.4 Å². The fraction of sp³-hybridized carbons (Fsp3) is 0.292. The topological polar surface area (TPSA) is 94.3 Å². The highest BCUT2D eigenvalue weighted by Crippen LogP contribution is 2.21. The first-order chi connectivity index (χ1) is 15.0. The predicted octanol–water partition coefficient (Wildman–Crippen LogP) is 2.77. The van der Waals surface area contributed by atoms with Gasteiger partial charge in [0.15, 0.2) is 0 Å². The van der Waals surface area contributed by atoms with Crippen molar-refractivity contribution in [2.24, 2.45) is 0 Å². The Kier molecular flexibility index (Phi) is 6.02. The Morgan fingerprint density at radius 3 is 2.65 bits per heavy atom. The van der Waals surface area contributed by atoms with Crippen molar-refractivity contribution in [2.75, 3.05) is 6.54 Å². The average Bonchev–Trinajstić information content (AvgIpc) is 3.29. The summed E-state index contributed by atoms with van der Waals surface area (Å²) in [5.41, 5.74) is 3.14. The van der Waals surface area contributed by atoms with Crippen LogP contribution in [0, 0.1) is 0 Å². The van der Waals surface area contributed by atoms with E-state index in [1.807, 2.05) is 55.6 Å². The van der Waals surface area contributed by atoms with Crippen LogP contribution < -0.4 is 10.6 Å². The molecule has 7 nitrogen and oxygen atoms in total. The van der Waals surface area contributed by atoms with Crippen molar-refractivity contribution in [3.8, 4) is 0 Å². The first-order valence-corrected chi connectivity index (χ1v) is 10.5. The zero-order chi connectivity index (χ0) is 21.8. The second kappa shape index (κ2) is 9.04. The SMILES string of the molecule is C[C@@H](CCc1ccccc1)NC(=O)CN1C(=O)N[C@@H](Cc2c[nH]c3ccccc23)C1=O. The second-order valence-electron chi connectivity index (χ2n) is 7.98. The maximum atomic E-state index is 12.8. The molecule has 1 saturated heterocycles. The smallest absolute Gasteiger partial charge is 0.325 e. The van der Waals surface area contributed by atoms with E-state index in [-0.39, 0.29) is 24.4 Å². The number of amides is 4. The average molecular weight is 418 g/mol. The van der Waals surface area contributed by atoms with Gasteiger partial charge in [-0.25, -0.2) is 4.79 Å². The largest absolute Gasteiger partial charge is 0.361 e. The first kappa shape index (κ1) is 20.7. The Morgan fingerprint density at radius 2 is 1.84 bits per heavy atom. The standard InChI is InChI=1S/C24H26N4O3/c1-16(11-12-17-7-3-2-4-8-17)26-22(29)15-28-23(30)21(27-24(28)31)13-18-14-25-20-10-6-5-9-19(18)20/h2-10,14,16,21,25H,11-13,15H2,1H3,(H,26,29)(H,27,31)/t16-,21-/m0/s1. The number of aromatic nitrogens is 1. The maximum Gasteiger partial charge on any atom is 0.325 e. The zero-order valence-corrected chi connectivity index (χ0v) is 17.4. The molecule has 4 rings (SSSR count). The molecule has 4 amide bonds. The van der Waals surface area contributed by atoms with E-state index in [0.29, 0.717) is 6.42 Å². The molecule has 2 heterocycles. The highest BCUT2D eigenvalue weighted by molar-refractivity contribution is 6.06. The molecule has 31 heavy (non-hydrogen) atoms. The number of nitrogens with one attached hydrogen (secondary N) is 3. The minimum Gasteiger partial charge on any atom is -0.361 e. The van der Waals surface area contributed by atoms with Crippen LogP contribution in [0.2, 0.25) is 0 Å². The van der Waals surface area contributed by atoms with E-state index in [1.165, 1.54) is 5.56 Å². The maximum absolute atomic E-state index is 12.8. The molecule has 0 bridgehead atoms. The molecule has 160 valence electrons. The molecule has 2 aromatic carbocycles. The lowest BCUT2D eigenvalue weighted by atomic mass is 10.1. The molecule has 0 spiro atoms. The van der Waals surface area contributed by atoms with Gasteiger partial charge in [0.25, 0.3) is 5.91 Å². The molecular weight excluding hydrogens is 392 g/mol. The number of H-pyrrole nitrogens is 1. The third-order valence-electron chi connectivity index (χ3n) is 5.62. The summed E-state index contributed by atoms with van der Waals surface area (Å²) in [6.07, 6.45) is 3.85. The fourth-order valence-electron chi connectivity index (χ4n) is 3.95. The van der Waals surface area contributed by atoms with Crippen LogP contribution in [0.3, 0.4) is 0 Å². The van der Waals surface area contributed by atoms with E-state index in [2.05, 4.69) is 27.8 Å². The predicted molar refractivity (Wildman–Crippen MR) is 118 cm³/mol. The van der Waals surface area contributed by atoms with Crippen LogP contribution in [0.4, 0.5) is 4.79 Å². The van der Waals surface area contributed by atoms with Crippen LogP contribution in [-0.4, -0.2) is 46.4 Å². The van der Waals surface area contributed by atoms with Gasteiger partial charge in [-0.3, -0.25) is 14.5 Å². The lowest BCUT2D eigenvalue weighted by Gasteiger charge is -2.17. The van der Waals surface area contributed by atoms with Crippen molar-refractivity contribution in [3.05, 3.63) is 71.9 Å². The van der Waals surface area contributed by atoms with E-state index >= 15 is 0 Å². The van der Waals surface area contributed by atoms with Gasteiger partial charge in [-0.15, -0.1) is 0 Å². The number of benzene rings is 2. The van der Waals surface area contributed by atoms with E-state index in [1.54, 1.807) is 0 Å². The highest BCUT2D eigenvalue weighted by Gasteiger charge is 2.39. The van der Waals surface area contributed by atoms with Crippen molar-refractivity contribution >= 4 is 28.7 Å². The third kappa shape index (κ3) is 4.77. The van der Waals surface area contributed by atoms with Crippen LogP contribution in [0.1, 0.15) is 24.5 Å². The number of hydrogen-bond acceptors (Lipinski definition) is 3. The first-order valence-electron chi connectivity index (χ1n) is 10.5. The van der Waals surface area contributed by atoms with Crippen LogP contribution in [0.15, 0.2) is 60.8 Å². The third-order valence-corrected chi connectivity index (χ3v) is 5.62. The zero-order valence-electron chi connectivity index (χ0n) is 17.4. The van der Waals surface area contributed by atoms with Crippen molar-refractivity contribution in [2.45, 2.75) is 38.3 Å². The number of carbonyl (C=O) groups is 3. The minimum absolute atomic E-state index is 0.0597. The number of para-hydroxylation sites is 1. The van der Waals surface area contributed by atoms with Crippen LogP contribution in [0.5, 0.6) is 0 Å². The summed E-state index contributed by atoms with van der Waals surface area (Å²) in [5.74, 6) is -0.709. The van der Waals surface area contributed by atoms with Gasteiger partial charge >= 0.3 is 6.03 Å². The van der Waals surface area contributed by atoms with Gasteiger partial charge in [-0.2, -0.15) is 0 Å². The van der Waals surface area contributed by atoms with Gasteiger partial charge in [0.05, 0.1) is 0 Å². The lowest BCUT2D eigenvalue weighted by Crippen LogP contribution is -2.44. The Balaban J connectivity index is 1.30. The van der Waals surface area contributed by atoms with Crippen molar-refractivity contribution in [1.82, 2.24) is 20.5 Å². The summed E-state index contributed by atoms with van der Waals surface area (Å²) in [6, 6.07) is 16.6. The highest BCUT2D eigenvalue weighted by atomic mass is 16.2. The Hall–Kier alpha value is -3.61. The van der Waals surface area contributed by atoms with Gasteiger partial charge in [-0.05, 0) is 37.0 Å². The number of carbonyl (C=O) groups excluding carboxylic acids is 3. The quantitative estimate of drug-likeness (QED) is 0.491. The number of nitrogens with zero attached hydrogens (tertiary/aromatic N) is 1. The number of aryl methyl sites for hydroxylation is 1. The number of imide groups is 1. The molecule has 0 radical (unpaired) electrons. The summed E-state index contributed by atoms with van der Waals surface area (Å²) in [6.45, 7) is 1.65. The normalized spacial score (nSPS) is 17.1. The molecule has 2 atom stereocenters. The van der Waals surface area contributed by atoms with Gasteiger partial charge in [0.2, 0.25) is 5.91 Å².